The van der Waals surface area contributed by atoms with E-state index in [4.69, 9.17) is 0 Å². The van der Waals surface area contributed by atoms with Crippen molar-refractivity contribution in [1.82, 2.24) is 10.2 Å². The Morgan fingerprint density at radius 3 is 2.64 bits per heavy atom. The number of rotatable bonds is 5. The molecule has 1 heterocycles. The molecule has 0 radical (unpaired) electrons. The fourth-order valence-electron chi connectivity index (χ4n) is 8.44. The zero-order valence-corrected chi connectivity index (χ0v) is 20.6. The zero-order valence-electron chi connectivity index (χ0n) is 20.6. The van der Waals surface area contributed by atoms with Gasteiger partial charge in [0.05, 0.1) is 0 Å². The van der Waals surface area contributed by atoms with Crippen molar-refractivity contribution in [2.45, 2.75) is 71.3 Å². The monoisotopic (exact) mass is 448 g/mol. The number of nitrogens with one attached hydrogen (secondary N) is 1. The molecule has 33 heavy (non-hydrogen) atoms. The number of carbonyl (C=O) groups excluding carboxylic acids is 2. The van der Waals surface area contributed by atoms with Gasteiger partial charge in [0.2, 0.25) is 11.8 Å². The lowest BCUT2D eigenvalue weighted by molar-refractivity contribution is -0.142. The number of likely N-dealkylation sites (N-methyl/N-ethyl adjacent to an activating group) is 1. The molecular weight excluding hydrogens is 408 g/mol. The van der Waals surface area contributed by atoms with Crippen LogP contribution < -0.4 is 5.32 Å². The molecule has 4 heteroatoms. The second kappa shape index (κ2) is 8.60. The lowest BCUT2D eigenvalue weighted by atomic mass is 9.47. The Hall–Kier alpha value is -2.10. The van der Waals surface area contributed by atoms with Crippen LogP contribution in [0, 0.1) is 34.5 Å². The number of benzene rings is 1. The number of hydrogen-bond donors (Lipinski definition) is 1. The Balaban J connectivity index is 1.23. The predicted molar refractivity (Wildman–Crippen MR) is 131 cm³/mol. The van der Waals surface area contributed by atoms with Gasteiger partial charge in [-0.3, -0.25) is 9.59 Å². The largest absolute Gasteiger partial charge is 0.356 e. The number of amides is 2. The average molecular weight is 449 g/mol. The third-order valence-corrected chi connectivity index (χ3v) is 10.2. The molecule has 2 amide bonds. The molecule has 3 fully saturated rings. The van der Waals surface area contributed by atoms with Crippen LogP contribution in [-0.2, 0) is 16.0 Å². The van der Waals surface area contributed by atoms with E-state index in [-0.39, 0.29) is 28.6 Å². The molecule has 3 aliphatic carbocycles. The summed E-state index contributed by atoms with van der Waals surface area (Å²) in [6.45, 7) is 5.57. The first-order valence-corrected chi connectivity index (χ1v) is 13.1. The van der Waals surface area contributed by atoms with E-state index < -0.39 is 0 Å². The molecule has 4 nitrogen and oxygen atoms in total. The fourth-order valence-corrected chi connectivity index (χ4v) is 8.44. The van der Waals surface area contributed by atoms with Gasteiger partial charge in [-0.05, 0) is 86.2 Å². The number of hydrogen-bond acceptors (Lipinski definition) is 2. The van der Waals surface area contributed by atoms with Crippen LogP contribution in [-0.4, -0.2) is 36.3 Å². The number of nitrogens with zero attached hydrogens (tertiary/aromatic N) is 1. The second-order valence-electron chi connectivity index (χ2n) is 11.7. The Morgan fingerprint density at radius 2 is 1.85 bits per heavy atom. The topological polar surface area (TPSA) is 49.4 Å². The van der Waals surface area contributed by atoms with Crippen molar-refractivity contribution < 1.29 is 9.59 Å². The maximum absolute atomic E-state index is 13.3. The summed E-state index contributed by atoms with van der Waals surface area (Å²) in [7, 11) is 1.98. The first-order chi connectivity index (χ1) is 15.8. The van der Waals surface area contributed by atoms with Gasteiger partial charge in [-0.1, -0.05) is 50.3 Å². The van der Waals surface area contributed by atoms with E-state index in [1.165, 1.54) is 24.8 Å². The van der Waals surface area contributed by atoms with E-state index in [0.717, 1.165) is 38.6 Å². The predicted octanol–water partition coefficient (Wildman–Crippen LogP) is 4.99. The van der Waals surface area contributed by atoms with E-state index in [0.29, 0.717) is 23.8 Å². The molecule has 0 saturated heterocycles. The summed E-state index contributed by atoms with van der Waals surface area (Å²) >= 11 is 0. The molecule has 0 spiro atoms. The molecule has 7 atom stereocenters. The van der Waals surface area contributed by atoms with Crippen LogP contribution in [0.15, 0.2) is 42.5 Å². The van der Waals surface area contributed by atoms with Crippen molar-refractivity contribution in [3.8, 4) is 0 Å². The summed E-state index contributed by atoms with van der Waals surface area (Å²) in [5, 5.41) is 3.29. The van der Waals surface area contributed by atoms with Gasteiger partial charge in [0.15, 0.2) is 0 Å². The van der Waals surface area contributed by atoms with Crippen LogP contribution in [0.25, 0.3) is 0 Å². The standard InChI is InChI=1S/C29H40N2O2/c1-28-17-15-23-21(11-14-25-29(23,2)18-16-26(32)31(25)3)22(28)12-13-24(28)27(33)30-19-7-10-20-8-5-4-6-9-20/h4-6,8-9,16,18,21-25H,7,10-15,17,19H2,1-3H3,(H,30,33)/t21-,22-,23+,24?,25?,28-,29+/m0/s1. The summed E-state index contributed by atoms with van der Waals surface area (Å²) in [5.74, 6) is 2.51. The smallest absolute Gasteiger partial charge is 0.246 e. The summed E-state index contributed by atoms with van der Waals surface area (Å²) in [6.07, 6.45) is 12.9. The summed E-state index contributed by atoms with van der Waals surface area (Å²) in [5.41, 5.74) is 1.53. The fraction of sp³-hybridized carbons (Fsp3) is 0.655. The van der Waals surface area contributed by atoms with E-state index in [1.54, 1.807) is 0 Å². The Labute approximate surface area is 199 Å². The van der Waals surface area contributed by atoms with Gasteiger partial charge in [0, 0.05) is 31.0 Å². The van der Waals surface area contributed by atoms with Gasteiger partial charge >= 0.3 is 0 Å². The molecular formula is C29H40N2O2. The van der Waals surface area contributed by atoms with Crippen LogP contribution in [0.5, 0.6) is 0 Å². The van der Waals surface area contributed by atoms with Crippen molar-refractivity contribution in [1.29, 1.82) is 0 Å². The quantitative estimate of drug-likeness (QED) is 0.645. The highest BCUT2D eigenvalue weighted by atomic mass is 16.2. The first kappa shape index (κ1) is 22.7. The summed E-state index contributed by atoms with van der Waals surface area (Å²) < 4.78 is 0. The Kier molecular flexibility index (Phi) is 5.91. The highest BCUT2D eigenvalue weighted by Crippen LogP contribution is 2.65. The van der Waals surface area contributed by atoms with Crippen LogP contribution in [0.3, 0.4) is 0 Å². The Morgan fingerprint density at radius 1 is 1.06 bits per heavy atom. The highest BCUT2D eigenvalue weighted by Gasteiger charge is 2.61. The lowest BCUT2D eigenvalue weighted by Crippen LogP contribution is -2.59. The maximum atomic E-state index is 13.3. The van der Waals surface area contributed by atoms with Crippen LogP contribution in [0.2, 0.25) is 0 Å². The van der Waals surface area contributed by atoms with E-state index in [1.807, 2.05) is 24.1 Å². The Bertz CT molecular complexity index is 927. The molecule has 0 bridgehead atoms. The summed E-state index contributed by atoms with van der Waals surface area (Å²) in [6, 6.07) is 10.9. The summed E-state index contributed by atoms with van der Waals surface area (Å²) in [4.78, 5) is 27.6. The minimum Gasteiger partial charge on any atom is -0.356 e. The van der Waals surface area contributed by atoms with Crippen molar-refractivity contribution in [2.24, 2.45) is 34.5 Å². The number of fused-ring (bicyclic) bond motifs is 5. The maximum Gasteiger partial charge on any atom is 0.246 e. The van der Waals surface area contributed by atoms with Gasteiger partial charge in [0.25, 0.3) is 0 Å². The van der Waals surface area contributed by atoms with Gasteiger partial charge in [-0.15, -0.1) is 0 Å². The molecule has 1 aromatic carbocycles. The molecule has 5 rings (SSSR count). The van der Waals surface area contributed by atoms with Crippen molar-refractivity contribution in [3.63, 3.8) is 0 Å². The third-order valence-electron chi connectivity index (χ3n) is 10.2. The van der Waals surface area contributed by atoms with Crippen LogP contribution in [0.1, 0.15) is 64.4 Å². The first-order valence-electron chi connectivity index (χ1n) is 13.1. The molecule has 0 aromatic heterocycles. The van der Waals surface area contributed by atoms with Crippen molar-refractivity contribution in [3.05, 3.63) is 48.0 Å². The van der Waals surface area contributed by atoms with E-state index >= 15 is 0 Å². The van der Waals surface area contributed by atoms with Gasteiger partial charge in [-0.25, -0.2) is 0 Å². The molecule has 3 saturated carbocycles. The molecule has 178 valence electrons. The van der Waals surface area contributed by atoms with Crippen LogP contribution >= 0.6 is 0 Å². The normalized spacial score (nSPS) is 39.5. The number of aryl methyl sites for hydroxylation is 1. The SMILES string of the molecule is CN1C(=O)C=C[C@@]2(C)C1CC[C@@H]1[C@H]2CC[C@]2(C)C(C(=O)NCCCc3ccccc3)CC[C@@H]12. The van der Waals surface area contributed by atoms with Crippen molar-refractivity contribution in [2.75, 3.05) is 13.6 Å². The molecule has 4 aliphatic rings. The zero-order chi connectivity index (χ0) is 23.2. The molecule has 1 aliphatic heterocycles. The van der Waals surface area contributed by atoms with Crippen molar-refractivity contribution >= 4 is 11.8 Å². The average Bonchev–Trinajstić information content (AvgIpc) is 3.17. The number of carbonyl (C=O) groups is 2. The molecule has 2 unspecified atom stereocenters. The molecule has 1 N–H and O–H groups in total. The van der Waals surface area contributed by atoms with Gasteiger partial charge < -0.3 is 10.2 Å². The van der Waals surface area contributed by atoms with E-state index in [2.05, 4.69) is 49.5 Å². The lowest BCUT2D eigenvalue weighted by Gasteiger charge is -2.60. The third kappa shape index (κ3) is 3.74. The van der Waals surface area contributed by atoms with Gasteiger partial charge in [0.1, 0.15) is 0 Å². The minimum atomic E-state index is 0.0741. The van der Waals surface area contributed by atoms with Gasteiger partial charge in [-0.2, -0.15) is 0 Å². The van der Waals surface area contributed by atoms with Crippen LogP contribution in [0.4, 0.5) is 0 Å². The van der Waals surface area contributed by atoms with E-state index in [9.17, 15) is 9.59 Å². The minimum absolute atomic E-state index is 0.0741. The highest BCUT2D eigenvalue weighted by molar-refractivity contribution is 5.89. The second-order valence-corrected chi connectivity index (χ2v) is 11.7. The molecule has 1 aromatic rings.